The number of thioether (sulfide) groups is 1. The second-order valence-corrected chi connectivity index (χ2v) is 6.47. The Morgan fingerprint density at radius 2 is 2.00 bits per heavy atom. The van der Waals surface area contributed by atoms with Gasteiger partial charge in [0.25, 0.3) is 11.1 Å². The number of carbonyl (C=O) groups excluding carboxylic acids is 3. The number of rotatable bonds is 3. The molecule has 0 aliphatic carbocycles. The van der Waals surface area contributed by atoms with Crippen molar-refractivity contribution in [1.29, 1.82) is 0 Å². The van der Waals surface area contributed by atoms with E-state index in [-0.39, 0.29) is 6.54 Å². The van der Waals surface area contributed by atoms with Crippen LogP contribution in [-0.4, -0.2) is 28.5 Å². The lowest BCUT2D eigenvalue weighted by Crippen LogP contribution is -2.36. The van der Waals surface area contributed by atoms with Crippen molar-refractivity contribution in [3.63, 3.8) is 0 Å². The number of halogens is 1. The quantitative estimate of drug-likeness (QED) is 0.855. The molecule has 5 nitrogen and oxygen atoms in total. The fraction of sp³-hybridized carbons (Fsp3) is 0.267. The summed E-state index contributed by atoms with van der Waals surface area (Å²) in [5.74, 6) is -0.871. The second-order valence-electron chi connectivity index (χ2n) is 5.10. The number of amides is 3. The normalized spacial score (nSPS) is 14.5. The SMILES string of the molecule is CC(C)=C1SC(=O)N(CC(=O)Nc2ccc(C)c(Cl)c2)C1=O. The molecular weight excluding hydrogens is 324 g/mol. The number of nitrogens with one attached hydrogen (secondary N) is 1. The van der Waals surface area contributed by atoms with Crippen molar-refractivity contribution in [3.05, 3.63) is 39.3 Å². The predicted molar refractivity (Wildman–Crippen MR) is 87.9 cm³/mol. The first-order valence-electron chi connectivity index (χ1n) is 6.56. The minimum absolute atomic E-state index is 0.313. The van der Waals surface area contributed by atoms with Crippen molar-refractivity contribution in [3.8, 4) is 0 Å². The van der Waals surface area contributed by atoms with Crippen molar-refractivity contribution in [2.75, 3.05) is 11.9 Å². The van der Waals surface area contributed by atoms with Gasteiger partial charge >= 0.3 is 0 Å². The highest BCUT2D eigenvalue weighted by Gasteiger charge is 2.36. The lowest BCUT2D eigenvalue weighted by Gasteiger charge is -2.13. The van der Waals surface area contributed by atoms with Crippen LogP contribution in [0.15, 0.2) is 28.7 Å². The van der Waals surface area contributed by atoms with Gasteiger partial charge in [-0.15, -0.1) is 0 Å². The van der Waals surface area contributed by atoms with Gasteiger partial charge in [0.1, 0.15) is 6.54 Å². The van der Waals surface area contributed by atoms with Gasteiger partial charge in [0, 0.05) is 10.7 Å². The summed E-state index contributed by atoms with van der Waals surface area (Å²) in [4.78, 5) is 37.2. The standard InChI is InChI=1S/C15H15ClN2O3S/c1-8(2)13-14(20)18(15(21)22-13)7-12(19)17-10-5-4-9(3)11(16)6-10/h4-6H,7H2,1-3H3,(H,17,19). The third kappa shape index (κ3) is 3.51. The van der Waals surface area contributed by atoms with E-state index in [4.69, 9.17) is 11.6 Å². The van der Waals surface area contributed by atoms with E-state index in [2.05, 4.69) is 5.32 Å². The van der Waals surface area contributed by atoms with Crippen LogP contribution in [0.3, 0.4) is 0 Å². The average molecular weight is 339 g/mol. The molecule has 1 aromatic carbocycles. The zero-order chi connectivity index (χ0) is 16.4. The molecule has 1 aliphatic rings. The number of carbonyl (C=O) groups is 3. The molecule has 1 heterocycles. The van der Waals surface area contributed by atoms with Crippen LogP contribution < -0.4 is 5.32 Å². The molecule has 0 saturated carbocycles. The van der Waals surface area contributed by atoms with Crippen molar-refractivity contribution in [2.45, 2.75) is 20.8 Å². The van der Waals surface area contributed by atoms with Crippen LogP contribution in [0.25, 0.3) is 0 Å². The van der Waals surface area contributed by atoms with Crippen molar-refractivity contribution in [1.82, 2.24) is 4.90 Å². The van der Waals surface area contributed by atoms with Crippen LogP contribution >= 0.6 is 23.4 Å². The summed E-state index contributed by atoms with van der Waals surface area (Å²) in [5, 5.41) is 2.73. The van der Waals surface area contributed by atoms with E-state index in [1.807, 2.05) is 6.92 Å². The van der Waals surface area contributed by atoms with E-state index in [0.717, 1.165) is 27.8 Å². The first kappa shape index (κ1) is 16.6. The Hall–Kier alpha value is -1.79. The van der Waals surface area contributed by atoms with E-state index in [1.54, 1.807) is 32.0 Å². The molecule has 1 N–H and O–H groups in total. The molecule has 0 spiro atoms. The first-order chi connectivity index (χ1) is 10.3. The number of anilines is 1. The number of nitrogens with zero attached hydrogens (tertiary/aromatic N) is 1. The molecule has 116 valence electrons. The largest absolute Gasteiger partial charge is 0.324 e. The summed E-state index contributed by atoms with van der Waals surface area (Å²) in [6.07, 6.45) is 0. The maximum absolute atomic E-state index is 12.1. The number of imide groups is 1. The van der Waals surface area contributed by atoms with Gasteiger partial charge in [-0.05, 0) is 50.2 Å². The highest BCUT2D eigenvalue weighted by molar-refractivity contribution is 8.18. The monoisotopic (exact) mass is 338 g/mol. The number of benzene rings is 1. The summed E-state index contributed by atoms with van der Waals surface area (Å²) in [6, 6.07) is 5.11. The van der Waals surface area contributed by atoms with Gasteiger partial charge in [0.05, 0.1) is 4.91 Å². The van der Waals surface area contributed by atoms with E-state index in [0.29, 0.717) is 15.6 Å². The zero-order valence-electron chi connectivity index (χ0n) is 12.4. The molecule has 2 rings (SSSR count). The maximum Gasteiger partial charge on any atom is 0.294 e. The van der Waals surface area contributed by atoms with Gasteiger partial charge < -0.3 is 5.32 Å². The molecule has 1 saturated heterocycles. The number of aryl methyl sites for hydroxylation is 1. The number of hydrogen-bond donors (Lipinski definition) is 1. The smallest absolute Gasteiger partial charge is 0.294 e. The van der Waals surface area contributed by atoms with Crippen molar-refractivity contribution < 1.29 is 14.4 Å². The highest BCUT2D eigenvalue weighted by atomic mass is 35.5. The van der Waals surface area contributed by atoms with Gasteiger partial charge in [0.15, 0.2) is 0 Å². The molecule has 1 aromatic rings. The molecular formula is C15H15ClN2O3S. The Morgan fingerprint density at radius 1 is 1.32 bits per heavy atom. The third-order valence-corrected chi connectivity index (χ3v) is 4.65. The Bertz CT molecular complexity index is 696. The van der Waals surface area contributed by atoms with Gasteiger partial charge in [-0.2, -0.15) is 0 Å². The molecule has 0 atom stereocenters. The maximum atomic E-state index is 12.1. The number of allylic oxidation sites excluding steroid dienone is 1. The Labute approximate surface area is 137 Å². The summed E-state index contributed by atoms with van der Waals surface area (Å²) in [6.45, 7) is 5.05. The van der Waals surface area contributed by atoms with Crippen LogP contribution in [0.2, 0.25) is 5.02 Å². The lowest BCUT2D eigenvalue weighted by atomic mass is 10.2. The van der Waals surface area contributed by atoms with Crippen LogP contribution in [-0.2, 0) is 9.59 Å². The topological polar surface area (TPSA) is 66.5 Å². The Balaban J connectivity index is 2.06. The van der Waals surface area contributed by atoms with Crippen molar-refractivity contribution in [2.24, 2.45) is 0 Å². The summed E-state index contributed by atoms with van der Waals surface area (Å²) in [7, 11) is 0. The summed E-state index contributed by atoms with van der Waals surface area (Å²) >= 11 is 6.85. The molecule has 7 heteroatoms. The van der Waals surface area contributed by atoms with Crippen LogP contribution in [0.5, 0.6) is 0 Å². The summed E-state index contributed by atoms with van der Waals surface area (Å²) < 4.78 is 0. The van der Waals surface area contributed by atoms with E-state index in [9.17, 15) is 14.4 Å². The van der Waals surface area contributed by atoms with Crippen LogP contribution in [0.4, 0.5) is 10.5 Å². The minimum Gasteiger partial charge on any atom is -0.324 e. The molecule has 0 bridgehead atoms. The van der Waals surface area contributed by atoms with Crippen LogP contribution in [0, 0.1) is 6.92 Å². The van der Waals surface area contributed by atoms with E-state index in [1.165, 1.54) is 0 Å². The van der Waals surface area contributed by atoms with E-state index >= 15 is 0 Å². The molecule has 0 radical (unpaired) electrons. The average Bonchev–Trinajstić information content (AvgIpc) is 2.71. The lowest BCUT2D eigenvalue weighted by molar-refractivity contribution is -0.127. The Kier molecular flexibility index (Phi) is 4.93. The third-order valence-electron chi connectivity index (χ3n) is 3.06. The van der Waals surface area contributed by atoms with Gasteiger partial charge in [-0.3, -0.25) is 19.3 Å². The summed E-state index contributed by atoms with van der Waals surface area (Å²) in [5.41, 5.74) is 2.18. The second kappa shape index (κ2) is 6.54. The number of hydrogen-bond acceptors (Lipinski definition) is 4. The molecule has 22 heavy (non-hydrogen) atoms. The molecule has 1 aliphatic heterocycles. The Morgan fingerprint density at radius 3 is 2.55 bits per heavy atom. The molecule has 1 fully saturated rings. The van der Waals surface area contributed by atoms with Crippen molar-refractivity contribution >= 4 is 46.1 Å². The fourth-order valence-electron chi connectivity index (χ4n) is 1.86. The molecule has 3 amide bonds. The van der Waals surface area contributed by atoms with Crippen LogP contribution in [0.1, 0.15) is 19.4 Å². The highest BCUT2D eigenvalue weighted by Crippen LogP contribution is 2.32. The first-order valence-corrected chi connectivity index (χ1v) is 7.76. The fourth-order valence-corrected chi connectivity index (χ4v) is 2.87. The molecule has 0 aromatic heterocycles. The molecule has 0 unspecified atom stereocenters. The van der Waals surface area contributed by atoms with Gasteiger partial charge in [-0.1, -0.05) is 23.2 Å². The van der Waals surface area contributed by atoms with Gasteiger partial charge in [0.2, 0.25) is 5.91 Å². The minimum atomic E-state index is -0.447. The zero-order valence-corrected chi connectivity index (χ0v) is 14.0. The van der Waals surface area contributed by atoms with Gasteiger partial charge in [-0.25, -0.2) is 0 Å². The van der Waals surface area contributed by atoms with E-state index < -0.39 is 17.1 Å². The predicted octanol–water partition coefficient (Wildman–Crippen LogP) is 3.58.